The molecule has 0 radical (unpaired) electrons. The maximum Gasteiger partial charge on any atom is 0.303 e. The van der Waals surface area contributed by atoms with E-state index < -0.39 is 114 Å². The molecule has 6 atom stereocenters. The smallest absolute Gasteiger partial charge is 0.303 e. The van der Waals surface area contributed by atoms with Crippen LogP contribution in [-0.4, -0.2) is 40.6 Å². The largest absolute Gasteiger partial charge is 0.458 e. The number of hydrogen-bond donors (Lipinski definition) is 1. The van der Waals surface area contributed by atoms with Gasteiger partial charge in [-0.2, -0.15) is 0 Å². The Kier molecular flexibility index (Phi) is 2.62. The van der Waals surface area contributed by atoms with Gasteiger partial charge >= 0.3 is 5.97 Å². The van der Waals surface area contributed by atoms with Crippen LogP contribution in [0.2, 0.25) is 0 Å². The van der Waals surface area contributed by atoms with E-state index in [-0.39, 0.29) is 6.42 Å². The van der Waals surface area contributed by atoms with Crippen LogP contribution in [0.1, 0.15) is 79.3 Å². The maximum absolute atomic E-state index is 14.2. The predicted octanol–water partition coefficient (Wildman–Crippen LogP) is 2.56. The van der Waals surface area contributed by atoms with Crippen LogP contribution in [-0.2, 0) is 23.9 Å². The molecule has 0 bridgehead atoms. The van der Waals surface area contributed by atoms with Crippen molar-refractivity contribution >= 4 is 23.3 Å². The van der Waals surface area contributed by atoms with Crippen LogP contribution in [0.15, 0.2) is 11.6 Å². The first-order chi connectivity index (χ1) is 17.3. The molecule has 0 aliphatic heterocycles. The molecular weight excluding hydrogens is 372 g/mol. The van der Waals surface area contributed by atoms with Crippen LogP contribution < -0.4 is 0 Å². The molecule has 3 saturated carbocycles. The predicted molar refractivity (Wildman–Crippen MR) is 104 cm³/mol. The molecule has 0 aromatic rings. The van der Waals surface area contributed by atoms with Crippen molar-refractivity contribution in [2.75, 3.05) is 6.56 Å². The third-order valence-corrected chi connectivity index (χ3v) is 7.04. The molecular formula is C23H30O6. The Morgan fingerprint density at radius 1 is 1.34 bits per heavy atom. The summed E-state index contributed by atoms with van der Waals surface area (Å²) >= 11 is 0. The van der Waals surface area contributed by atoms with Gasteiger partial charge in [0, 0.05) is 40.6 Å². The first-order valence-electron chi connectivity index (χ1n) is 14.6. The summed E-state index contributed by atoms with van der Waals surface area (Å²) in [5, 5.41) is 11.7. The molecule has 158 valence electrons. The lowest BCUT2D eigenvalue weighted by atomic mass is 9.46. The summed E-state index contributed by atoms with van der Waals surface area (Å²) in [5.74, 6) is -11.0. The van der Waals surface area contributed by atoms with Crippen molar-refractivity contribution < 1.29 is 42.7 Å². The van der Waals surface area contributed by atoms with E-state index in [2.05, 4.69) is 4.74 Å². The van der Waals surface area contributed by atoms with Gasteiger partial charge in [-0.05, 0) is 55.4 Å². The summed E-state index contributed by atoms with van der Waals surface area (Å²) in [5.41, 5.74) is -8.00. The zero-order valence-corrected chi connectivity index (χ0v) is 16.5. The Hall–Kier alpha value is -1.82. The number of Topliss-reactive ketones (excluding diaryl/α,β-unsaturated/α-hetero) is 2. The molecule has 2 unspecified atom stereocenters. The van der Waals surface area contributed by atoms with Gasteiger partial charge in [-0.1, -0.05) is 19.4 Å². The van der Waals surface area contributed by atoms with Crippen LogP contribution >= 0.6 is 0 Å². The van der Waals surface area contributed by atoms with Gasteiger partial charge in [0.2, 0.25) is 5.78 Å². The highest BCUT2D eigenvalue weighted by Crippen LogP contribution is 2.66. The van der Waals surface area contributed by atoms with Gasteiger partial charge in [-0.15, -0.1) is 0 Å². The van der Waals surface area contributed by atoms with Crippen LogP contribution in [0.4, 0.5) is 0 Å². The Morgan fingerprint density at radius 3 is 2.76 bits per heavy atom. The number of esters is 1. The van der Waals surface area contributed by atoms with Crippen molar-refractivity contribution in [3.63, 3.8) is 0 Å². The van der Waals surface area contributed by atoms with Crippen molar-refractivity contribution in [3.05, 3.63) is 11.6 Å². The number of fused-ring (bicyclic) bond motifs is 5. The minimum atomic E-state index is -3.39. The number of hydrogen-bond acceptors (Lipinski definition) is 6. The molecule has 3 fully saturated rings. The van der Waals surface area contributed by atoms with E-state index in [0.717, 1.165) is 13.8 Å². The molecule has 29 heavy (non-hydrogen) atoms. The number of carbonyl (C=O) groups is 4. The highest BCUT2D eigenvalue weighted by atomic mass is 16.5. The Morgan fingerprint density at radius 2 is 2.07 bits per heavy atom. The summed E-state index contributed by atoms with van der Waals surface area (Å²) in [6, 6.07) is -1.00. The molecule has 6 heteroatoms. The summed E-state index contributed by atoms with van der Waals surface area (Å²) in [6.07, 6.45) is -10.8. The fourth-order valence-electron chi connectivity index (χ4n) is 5.47. The quantitative estimate of drug-likeness (QED) is 0.716. The zero-order valence-electron chi connectivity index (χ0n) is 26.5. The number of carbonyl (C=O) groups excluding carboxylic acids is 4. The van der Waals surface area contributed by atoms with Crippen LogP contribution in [0.25, 0.3) is 0 Å². The fraction of sp³-hybridized carbons (Fsp3) is 0.739. The summed E-state index contributed by atoms with van der Waals surface area (Å²) in [6.45, 7) is -0.320. The molecule has 0 aromatic carbocycles. The maximum atomic E-state index is 14.2. The van der Waals surface area contributed by atoms with Crippen molar-refractivity contribution in [2.45, 2.75) is 71.2 Å². The van der Waals surface area contributed by atoms with Gasteiger partial charge in [-0.3, -0.25) is 19.2 Å². The number of allylic oxidation sites excluding steroid dienone is 1. The van der Waals surface area contributed by atoms with E-state index in [1.807, 2.05) is 0 Å². The second-order valence-electron chi connectivity index (χ2n) is 8.60. The molecule has 4 rings (SSSR count). The normalized spacial score (nSPS) is 57.4. The lowest BCUT2D eigenvalue weighted by Crippen LogP contribution is -2.61. The Bertz CT molecular complexity index is 1250. The Labute approximate surface area is 185 Å². The van der Waals surface area contributed by atoms with E-state index >= 15 is 0 Å². The number of rotatable bonds is 3. The number of aliphatic hydroxyl groups is 1. The fourth-order valence-corrected chi connectivity index (χ4v) is 5.47. The zero-order chi connectivity index (χ0) is 30.2. The molecule has 0 amide bonds. The first-order valence-corrected chi connectivity index (χ1v) is 9.59. The van der Waals surface area contributed by atoms with Crippen LogP contribution in [0.5, 0.6) is 0 Å². The summed E-state index contributed by atoms with van der Waals surface area (Å²) in [4.78, 5) is 51.6. The van der Waals surface area contributed by atoms with Crippen molar-refractivity contribution in [1.82, 2.24) is 0 Å². The SMILES string of the molecule is [2H]C1=C2C([2H])([2H])CC3C4CC[C@](O)(C(=O)C([2H])([2H])OC(C)=O)[C@@]4(C)C([2H])([2H])C(=O)[C@]3([2H])[C@@]2(C)CC([2H])([2H])C1=O. The first kappa shape index (κ1) is 11.5. The van der Waals surface area contributed by atoms with Gasteiger partial charge in [-0.25, -0.2) is 0 Å². The monoisotopic (exact) mass is 412 g/mol. The second-order valence-corrected chi connectivity index (χ2v) is 8.60. The minimum Gasteiger partial charge on any atom is -0.458 e. The molecule has 0 heterocycles. The molecule has 4 aliphatic carbocycles. The molecule has 0 saturated heterocycles. The van der Waals surface area contributed by atoms with Gasteiger partial charge < -0.3 is 9.84 Å². The lowest BCUT2D eigenvalue weighted by Gasteiger charge is -2.57. The van der Waals surface area contributed by atoms with Crippen molar-refractivity contribution in [1.29, 1.82) is 0 Å². The molecule has 0 aromatic heterocycles. The molecule has 1 N–H and O–H groups in total. The molecule has 4 aliphatic rings. The van der Waals surface area contributed by atoms with E-state index in [1.54, 1.807) is 0 Å². The molecule has 6 nitrogen and oxygen atoms in total. The lowest BCUT2D eigenvalue weighted by molar-refractivity contribution is -0.173. The summed E-state index contributed by atoms with van der Waals surface area (Å²) in [7, 11) is 0. The van der Waals surface area contributed by atoms with Gasteiger partial charge in [0.1, 0.15) is 11.4 Å². The van der Waals surface area contributed by atoms with Gasteiger partial charge in [0.25, 0.3) is 0 Å². The minimum absolute atomic E-state index is 0.238. The highest BCUT2D eigenvalue weighted by molar-refractivity contribution is 5.95. The van der Waals surface area contributed by atoms with E-state index in [0.29, 0.717) is 0 Å². The van der Waals surface area contributed by atoms with Gasteiger partial charge in [0.15, 0.2) is 12.3 Å². The van der Waals surface area contributed by atoms with E-state index in [9.17, 15) is 25.7 Å². The van der Waals surface area contributed by atoms with Crippen LogP contribution in [0, 0.1) is 28.6 Å². The Balaban J connectivity index is 1.98. The van der Waals surface area contributed by atoms with Crippen molar-refractivity contribution in [3.8, 4) is 0 Å². The van der Waals surface area contributed by atoms with E-state index in [4.69, 9.17) is 12.3 Å². The average molecular weight is 413 g/mol. The topological polar surface area (TPSA) is 97.7 Å². The molecule has 0 spiro atoms. The van der Waals surface area contributed by atoms with Crippen molar-refractivity contribution in [2.24, 2.45) is 28.6 Å². The average Bonchev–Trinajstić information content (AvgIpc) is 3.04. The second kappa shape index (κ2) is 6.59. The van der Waals surface area contributed by atoms with Crippen LogP contribution in [0.3, 0.4) is 0 Å². The standard InChI is InChI=1S/C23H30O6/c1-13(24)29-12-19(27)23(28)9-7-17-16-5-4-14-10-15(25)6-8-21(14,2)20(16)18(26)11-22(17,23)3/h10,16-17,20,28H,4-9,11-12H2,1-3H3/t16?,17?,20-,21+,22+,23+/m1/s1/i4D2,6D2,10D,11D2,12D2,20D. The highest BCUT2D eigenvalue weighted by Gasteiger charge is 2.68. The number of ketones is 3. The number of ether oxygens (including phenoxy) is 1. The third kappa shape index (κ3) is 2.78. The summed E-state index contributed by atoms with van der Waals surface area (Å²) < 4.78 is 90.0. The van der Waals surface area contributed by atoms with Gasteiger partial charge in [0.05, 0.1) is 4.11 Å². The third-order valence-electron chi connectivity index (χ3n) is 7.04. The van der Waals surface area contributed by atoms with E-state index in [1.165, 1.54) is 6.92 Å².